The van der Waals surface area contributed by atoms with E-state index in [1.807, 2.05) is 12.1 Å². The molecule has 4 bridgehead atoms. The highest BCUT2D eigenvalue weighted by Gasteiger charge is 2.58. The Kier molecular flexibility index (Phi) is 5.24. The van der Waals surface area contributed by atoms with Gasteiger partial charge < -0.3 is 20.2 Å². The normalized spacial score (nSPS) is 36.4. The summed E-state index contributed by atoms with van der Waals surface area (Å²) in [6.45, 7) is 3.37. The number of nitrogens with one attached hydrogen (secondary N) is 1. The van der Waals surface area contributed by atoms with Crippen molar-refractivity contribution in [2.45, 2.75) is 64.0 Å². The van der Waals surface area contributed by atoms with Gasteiger partial charge in [0.15, 0.2) is 0 Å². The molecule has 31 heavy (non-hydrogen) atoms. The van der Waals surface area contributed by atoms with Gasteiger partial charge in [-0.3, -0.25) is 9.59 Å². The smallest absolute Gasteiger partial charge is 0.226 e. The van der Waals surface area contributed by atoms with Crippen LogP contribution in [0.25, 0.3) is 0 Å². The molecule has 6 heteroatoms. The number of amides is 2. The second-order valence-corrected chi connectivity index (χ2v) is 10.6. The minimum absolute atomic E-state index is 0.0192. The molecular formula is C25H35N3O3. The Morgan fingerprint density at radius 2 is 1.81 bits per heavy atom. The Balaban J connectivity index is 1.23. The molecule has 168 valence electrons. The average molecular weight is 426 g/mol. The summed E-state index contributed by atoms with van der Waals surface area (Å²) >= 11 is 0. The molecule has 5 fully saturated rings. The van der Waals surface area contributed by atoms with Gasteiger partial charge in [-0.2, -0.15) is 0 Å². The molecule has 6 rings (SSSR count). The van der Waals surface area contributed by atoms with Crippen molar-refractivity contribution in [2.75, 3.05) is 29.9 Å². The molecule has 1 aromatic carbocycles. The van der Waals surface area contributed by atoms with Crippen LogP contribution >= 0.6 is 0 Å². The third kappa shape index (κ3) is 3.73. The lowest BCUT2D eigenvalue weighted by molar-refractivity contribution is -0.163. The van der Waals surface area contributed by atoms with Gasteiger partial charge in [0.1, 0.15) is 0 Å². The summed E-state index contributed by atoms with van der Waals surface area (Å²) in [7, 11) is 1.78. The van der Waals surface area contributed by atoms with Crippen LogP contribution in [-0.4, -0.2) is 49.2 Å². The predicted octanol–water partition coefficient (Wildman–Crippen LogP) is 2.94. The molecule has 6 nitrogen and oxygen atoms in total. The Labute approximate surface area is 185 Å². The molecule has 1 aliphatic heterocycles. The fourth-order valence-electron chi connectivity index (χ4n) is 7.01. The molecule has 2 unspecified atom stereocenters. The number of piperidine rings is 1. The van der Waals surface area contributed by atoms with Gasteiger partial charge in [0.25, 0.3) is 0 Å². The first-order chi connectivity index (χ1) is 14.8. The van der Waals surface area contributed by atoms with Gasteiger partial charge in [0.2, 0.25) is 11.8 Å². The summed E-state index contributed by atoms with van der Waals surface area (Å²) < 4.78 is 0. The van der Waals surface area contributed by atoms with Crippen LogP contribution in [0.3, 0.4) is 0 Å². The molecule has 0 spiro atoms. The lowest BCUT2D eigenvalue weighted by Gasteiger charge is -2.58. The maximum atomic E-state index is 13.4. The standard InChI is InChI=1S/C25H35N3O3/c1-16(29)27(2)21-5-7-22(8-6-21)28-9-3-4-20(15-28)26-24(31)25-12-17-10-18(13-25)23(30)19(11-17)14-25/h5-8,17-20,23,30H,3-4,9-15H2,1-2H3,(H,26,31)/t17?,18?,19?,20-,23?,25?/m0/s1. The molecule has 4 aliphatic carbocycles. The number of aliphatic hydroxyl groups excluding tert-OH is 1. The lowest BCUT2D eigenvalue weighted by atomic mass is 9.48. The SMILES string of the molecule is CC(=O)N(C)c1ccc(N2CCC[C@H](NC(=O)C34CC5CC(C3)C(O)C(C5)C4)C2)cc1. The minimum Gasteiger partial charge on any atom is -0.393 e. The van der Waals surface area contributed by atoms with E-state index in [0.29, 0.717) is 17.8 Å². The minimum atomic E-state index is -0.239. The molecule has 5 aliphatic rings. The van der Waals surface area contributed by atoms with Crippen LogP contribution < -0.4 is 15.1 Å². The van der Waals surface area contributed by atoms with Crippen LogP contribution in [0.1, 0.15) is 51.9 Å². The van der Waals surface area contributed by atoms with Gasteiger partial charge in [-0.1, -0.05) is 0 Å². The first-order valence-corrected chi connectivity index (χ1v) is 11.9. The molecule has 0 aromatic heterocycles. The maximum Gasteiger partial charge on any atom is 0.226 e. The number of hydrogen-bond donors (Lipinski definition) is 2. The van der Waals surface area contributed by atoms with E-state index in [4.69, 9.17) is 0 Å². The maximum absolute atomic E-state index is 13.4. The first kappa shape index (κ1) is 20.8. The molecule has 2 amide bonds. The number of hydrogen-bond acceptors (Lipinski definition) is 4. The summed E-state index contributed by atoms with van der Waals surface area (Å²) in [5.74, 6) is 1.54. The van der Waals surface area contributed by atoms with E-state index < -0.39 is 0 Å². The van der Waals surface area contributed by atoms with Crippen LogP contribution in [0, 0.1) is 23.2 Å². The van der Waals surface area contributed by atoms with E-state index in [9.17, 15) is 14.7 Å². The quantitative estimate of drug-likeness (QED) is 0.778. The van der Waals surface area contributed by atoms with E-state index in [-0.39, 0.29) is 29.4 Å². The fraction of sp³-hybridized carbons (Fsp3) is 0.680. The van der Waals surface area contributed by atoms with E-state index in [1.165, 1.54) is 0 Å². The van der Waals surface area contributed by atoms with Gasteiger partial charge in [-0.05, 0) is 87.0 Å². The second-order valence-electron chi connectivity index (χ2n) is 10.6. The number of carbonyl (C=O) groups excluding carboxylic acids is 2. The molecule has 2 N–H and O–H groups in total. The number of anilines is 2. The van der Waals surface area contributed by atoms with Crippen LogP contribution in [0.5, 0.6) is 0 Å². The highest BCUT2D eigenvalue weighted by atomic mass is 16.3. The highest BCUT2D eigenvalue weighted by Crippen LogP contribution is 2.60. The van der Waals surface area contributed by atoms with Crippen LogP contribution in [-0.2, 0) is 9.59 Å². The number of aliphatic hydroxyl groups is 1. The van der Waals surface area contributed by atoms with E-state index in [1.54, 1.807) is 18.9 Å². The van der Waals surface area contributed by atoms with Crippen molar-refractivity contribution < 1.29 is 14.7 Å². The molecule has 1 heterocycles. The average Bonchev–Trinajstić information content (AvgIpc) is 2.76. The van der Waals surface area contributed by atoms with Gasteiger partial charge in [0.05, 0.1) is 11.5 Å². The number of rotatable bonds is 4. The fourth-order valence-corrected chi connectivity index (χ4v) is 7.01. The van der Waals surface area contributed by atoms with Crippen LogP contribution in [0.2, 0.25) is 0 Å². The zero-order chi connectivity index (χ0) is 21.8. The van der Waals surface area contributed by atoms with Crippen LogP contribution in [0.4, 0.5) is 11.4 Å². The van der Waals surface area contributed by atoms with Crippen LogP contribution in [0.15, 0.2) is 24.3 Å². The summed E-state index contributed by atoms with van der Waals surface area (Å²) in [6.07, 6.45) is 6.86. The molecule has 4 saturated carbocycles. The van der Waals surface area contributed by atoms with Gasteiger partial charge in [-0.25, -0.2) is 0 Å². The molecule has 0 radical (unpaired) electrons. The summed E-state index contributed by atoms with van der Waals surface area (Å²) in [5.41, 5.74) is 1.79. The molecule has 1 aromatic rings. The largest absolute Gasteiger partial charge is 0.393 e. The zero-order valence-corrected chi connectivity index (χ0v) is 18.7. The van der Waals surface area contributed by atoms with Crippen molar-refractivity contribution in [2.24, 2.45) is 23.2 Å². The van der Waals surface area contributed by atoms with E-state index in [0.717, 1.165) is 69.4 Å². The van der Waals surface area contributed by atoms with E-state index in [2.05, 4.69) is 22.3 Å². The van der Waals surface area contributed by atoms with Gasteiger partial charge >= 0.3 is 0 Å². The molecular weight excluding hydrogens is 390 g/mol. The van der Waals surface area contributed by atoms with Crippen molar-refractivity contribution >= 4 is 23.2 Å². The second kappa shape index (κ2) is 7.80. The Hall–Kier alpha value is -2.08. The Morgan fingerprint density at radius 1 is 1.13 bits per heavy atom. The van der Waals surface area contributed by atoms with Crippen molar-refractivity contribution in [3.63, 3.8) is 0 Å². The van der Waals surface area contributed by atoms with Crippen molar-refractivity contribution in [3.8, 4) is 0 Å². The number of carbonyl (C=O) groups is 2. The van der Waals surface area contributed by atoms with E-state index >= 15 is 0 Å². The first-order valence-electron chi connectivity index (χ1n) is 11.9. The summed E-state index contributed by atoms with van der Waals surface area (Å²) in [6, 6.07) is 8.27. The van der Waals surface area contributed by atoms with Crippen molar-refractivity contribution in [3.05, 3.63) is 24.3 Å². The third-order valence-electron chi connectivity index (χ3n) is 8.54. The van der Waals surface area contributed by atoms with Gasteiger partial charge in [-0.15, -0.1) is 0 Å². The number of nitrogens with zero attached hydrogens (tertiary/aromatic N) is 2. The lowest BCUT2D eigenvalue weighted by Crippen LogP contribution is -2.60. The van der Waals surface area contributed by atoms with Gasteiger partial charge in [0, 0.05) is 44.5 Å². The highest BCUT2D eigenvalue weighted by molar-refractivity contribution is 5.91. The monoisotopic (exact) mass is 425 g/mol. The summed E-state index contributed by atoms with van der Waals surface area (Å²) in [4.78, 5) is 29.0. The summed E-state index contributed by atoms with van der Waals surface area (Å²) in [5, 5.41) is 13.9. The molecule has 3 atom stereocenters. The van der Waals surface area contributed by atoms with Crippen molar-refractivity contribution in [1.82, 2.24) is 5.32 Å². The Morgan fingerprint density at radius 3 is 2.45 bits per heavy atom. The molecule has 1 saturated heterocycles. The zero-order valence-electron chi connectivity index (χ0n) is 18.7. The van der Waals surface area contributed by atoms with Crippen molar-refractivity contribution in [1.29, 1.82) is 0 Å². The number of benzene rings is 1. The Bertz CT molecular complexity index is 838. The third-order valence-corrected chi connectivity index (χ3v) is 8.54. The predicted molar refractivity (Wildman–Crippen MR) is 121 cm³/mol. The topological polar surface area (TPSA) is 72.9 Å².